The molecule has 0 amide bonds. The zero-order valence-electron chi connectivity index (χ0n) is 11.7. The first kappa shape index (κ1) is 13.3. The van der Waals surface area contributed by atoms with E-state index in [0.29, 0.717) is 11.1 Å². The molecule has 0 bridgehead atoms. The molecular weight excluding hydrogens is 260 g/mol. The van der Waals surface area contributed by atoms with Crippen molar-refractivity contribution in [2.24, 2.45) is 0 Å². The van der Waals surface area contributed by atoms with Crippen molar-refractivity contribution in [3.63, 3.8) is 0 Å². The van der Waals surface area contributed by atoms with E-state index in [1.54, 1.807) is 30.3 Å². The monoisotopic (exact) mass is 274 g/mol. The number of benzene rings is 2. The van der Waals surface area contributed by atoms with Gasteiger partial charge in [-0.25, -0.2) is 0 Å². The minimum Gasteiger partial charge on any atom is -0.288 e. The third-order valence-corrected chi connectivity index (χ3v) is 3.47. The molecular formula is C19H14O2. The highest BCUT2D eigenvalue weighted by molar-refractivity contribution is 6.39. The molecule has 102 valence electrons. The summed E-state index contributed by atoms with van der Waals surface area (Å²) in [5, 5.41) is 0. The van der Waals surface area contributed by atoms with Gasteiger partial charge in [0.25, 0.3) is 0 Å². The summed E-state index contributed by atoms with van der Waals surface area (Å²) in [4.78, 5) is 24.6. The van der Waals surface area contributed by atoms with Crippen LogP contribution in [0, 0.1) is 0 Å². The van der Waals surface area contributed by atoms with Crippen molar-refractivity contribution >= 4 is 17.6 Å². The fraction of sp³-hybridized carbons (Fsp3) is 0.0526. The fourth-order valence-electron chi connectivity index (χ4n) is 2.48. The molecule has 1 aliphatic rings. The normalized spacial score (nSPS) is 14.3. The van der Waals surface area contributed by atoms with Gasteiger partial charge >= 0.3 is 0 Å². The molecule has 0 radical (unpaired) electrons. The van der Waals surface area contributed by atoms with Gasteiger partial charge in [0.05, 0.1) is 5.57 Å². The van der Waals surface area contributed by atoms with Crippen LogP contribution in [-0.4, -0.2) is 11.6 Å². The molecule has 0 saturated carbocycles. The maximum atomic E-state index is 12.3. The second kappa shape index (κ2) is 5.33. The van der Waals surface area contributed by atoms with Crippen LogP contribution < -0.4 is 0 Å². The molecule has 0 atom stereocenters. The Bertz CT molecular complexity index is 743. The Morgan fingerprint density at radius 3 is 1.90 bits per heavy atom. The number of fused-ring (bicyclic) bond motifs is 1. The average Bonchev–Trinajstić information content (AvgIpc) is 2.74. The van der Waals surface area contributed by atoms with E-state index in [1.165, 1.54) is 0 Å². The first-order chi connectivity index (χ1) is 10.2. The highest BCUT2D eigenvalue weighted by Gasteiger charge is 2.32. The van der Waals surface area contributed by atoms with Gasteiger partial charge in [0, 0.05) is 11.1 Å². The van der Waals surface area contributed by atoms with E-state index >= 15 is 0 Å². The standard InChI is InChI=1S/C19H14O2/c1-13(11-14-7-3-2-4-8-14)12-17-18(20)15-9-5-6-10-16(15)19(17)21/h2-12H,1H3. The predicted molar refractivity (Wildman–Crippen MR) is 83.3 cm³/mol. The van der Waals surface area contributed by atoms with Gasteiger partial charge in [-0.05, 0) is 24.1 Å². The molecule has 2 nitrogen and oxygen atoms in total. The summed E-state index contributed by atoms with van der Waals surface area (Å²) < 4.78 is 0. The number of hydrogen-bond acceptors (Lipinski definition) is 2. The third kappa shape index (κ3) is 2.48. The van der Waals surface area contributed by atoms with E-state index in [1.807, 2.05) is 43.3 Å². The molecule has 0 saturated heterocycles. The van der Waals surface area contributed by atoms with Crippen LogP contribution in [-0.2, 0) is 0 Å². The lowest BCUT2D eigenvalue weighted by Crippen LogP contribution is -2.00. The van der Waals surface area contributed by atoms with Crippen LogP contribution in [0.15, 0.2) is 71.8 Å². The predicted octanol–water partition coefficient (Wildman–Crippen LogP) is 4.10. The van der Waals surface area contributed by atoms with Crippen LogP contribution in [0.5, 0.6) is 0 Å². The molecule has 0 spiro atoms. The highest BCUT2D eigenvalue weighted by Crippen LogP contribution is 2.27. The minimum atomic E-state index is -0.184. The van der Waals surface area contributed by atoms with Crippen molar-refractivity contribution in [2.75, 3.05) is 0 Å². The number of Topliss-reactive ketones (excluding diaryl/α,β-unsaturated/α-hetero) is 2. The second-order valence-electron chi connectivity index (χ2n) is 5.06. The molecule has 1 aliphatic carbocycles. The van der Waals surface area contributed by atoms with E-state index in [9.17, 15) is 9.59 Å². The van der Waals surface area contributed by atoms with Crippen LogP contribution in [0.2, 0.25) is 0 Å². The van der Waals surface area contributed by atoms with Gasteiger partial charge < -0.3 is 0 Å². The molecule has 0 heterocycles. The zero-order valence-corrected chi connectivity index (χ0v) is 11.7. The molecule has 2 heteroatoms. The van der Waals surface area contributed by atoms with E-state index in [2.05, 4.69) is 0 Å². The first-order valence-corrected chi connectivity index (χ1v) is 6.80. The minimum absolute atomic E-state index is 0.184. The Labute approximate surface area is 123 Å². The van der Waals surface area contributed by atoms with Crippen molar-refractivity contribution in [3.05, 3.63) is 88.5 Å². The van der Waals surface area contributed by atoms with Crippen LogP contribution >= 0.6 is 0 Å². The number of ketones is 2. The number of hydrogen-bond donors (Lipinski definition) is 0. The van der Waals surface area contributed by atoms with Crippen LogP contribution in [0.25, 0.3) is 6.08 Å². The summed E-state index contributed by atoms with van der Waals surface area (Å²) in [6, 6.07) is 16.8. The Balaban J connectivity index is 1.97. The summed E-state index contributed by atoms with van der Waals surface area (Å²) in [6.45, 7) is 1.89. The van der Waals surface area contributed by atoms with Crippen molar-refractivity contribution in [2.45, 2.75) is 6.92 Å². The summed E-state index contributed by atoms with van der Waals surface area (Å²) in [5.41, 5.74) is 3.18. The number of carbonyl (C=O) groups is 2. The van der Waals surface area contributed by atoms with Crippen molar-refractivity contribution in [1.29, 1.82) is 0 Å². The number of allylic oxidation sites excluding steroid dienone is 3. The molecule has 0 unspecified atom stereocenters. The van der Waals surface area contributed by atoms with Gasteiger partial charge in [0.1, 0.15) is 0 Å². The van der Waals surface area contributed by atoms with Crippen LogP contribution in [0.3, 0.4) is 0 Å². The van der Waals surface area contributed by atoms with E-state index < -0.39 is 0 Å². The topological polar surface area (TPSA) is 34.1 Å². The Morgan fingerprint density at radius 1 is 0.810 bits per heavy atom. The maximum Gasteiger partial charge on any atom is 0.197 e. The first-order valence-electron chi connectivity index (χ1n) is 6.80. The average molecular weight is 274 g/mol. The Hall–Kier alpha value is -2.74. The number of rotatable bonds is 2. The van der Waals surface area contributed by atoms with Gasteiger partial charge in [-0.3, -0.25) is 9.59 Å². The van der Waals surface area contributed by atoms with E-state index in [-0.39, 0.29) is 17.1 Å². The van der Waals surface area contributed by atoms with Crippen molar-refractivity contribution in [3.8, 4) is 0 Å². The SMILES string of the molecule is CC(=Cc1ccccc1)C=C1C(=O)c2ccccc2C1=O. The fourth-order valence-corrected chi connectivity index (χ4v) is 2.48. The van der Waals surface area contributed by atoms with Gasteiger partial charge in [0.15, 0.2) is 11.6 Å². The molecule has 0 N–H and O–H groups in total. The molecule has 0 fully saturated rings. The molecule has 0 aliphatic heterocycles. The van der Waals surface area contributed by atoms with E-state index in [4.69, 9.17) is 0 Å². The van der Waals surface area contributed by atoms with Gasteiger partial charge in [0.2, 0.25) is 0 Å². The Kier molecular flexibility index (Phi) is 3.36. The lowest BCUT2D eigenvalue weighted by molar-refractivity contribution is 0.0988. The van der Waals surface area contributed by atoms with Gasteiger partial charge in [-0.2, -0.15) is 0 Å². The molecule has 2 aromatic rings. The summed E-state index contributed by atoms with van der Waals surface area (Å²) in [7, 11) is 0. The van der Waals surface area contributed by atoms with Crippen LogP contribution in [0.4, 0.5) is 0 Å². The highest BCUT2D eigenvalue weighted by atomic mass is 16.2. The third-order valence-electron chi connectivity index (χ3n) is 3.47. The van der Waals surface area contributed by atoms with Crippen molar-refractivity contribution in [1.82, 2.24) is 0 Å². The molecule has 2 aromatic carbocycles. The molecule has 3 rings (SSSR count). The smallest absolute Gasteiger partial charge is 0.197 e. The quantitative estimate of drug-likeness (QED) is 0.610. The Morgan fingerprint density at radius 2 is 1.33 bits per heavy atom. The van der Waals surface area contributed by atoms with E-state index in [0.717, 1.165) is 11.1 Å². The lowest BCUT2D eigenvalue weighted by Gasteiger charge is -1.97. The summed E-state index contributed by atoms with van der Waals surface area (Å²) in [6.07, 6.45) is 3.63. The summed E-state index contributed by atoms with van der Waals surface area (Å²) >= 11 is 0. The molecule has 21 heavy (non-hydrogen) atoms. The van der Waals surface area contributed by atoms with Gasteiger partial charge in [-0.15, -0.1) is 0 Å². The number of carbonyl (C=O) groups excluding carboxylic acids is 2. The van der Waals surface area contributed by atoms with Gasteiger partial charge in [-0.1, -0.05) is 60.7 Å². The molecule has 0 aromatic heterocycles. The van der Waals surface area contributed by atoms with Crippen LogP contribution in [0.1, 0.15) is 33.2 Å². The second-order valence-corrected chi connectivity index (χ2v) is 5.06. The largest absolute Gasteiger partial charge is 0.288 e. The van der Waals surface area contributed by atoms with Crippen molar-refractivity contribution < 1.29 is 9.59 Å². The summed E-state index contributed by atoms with van der Waals surface area (Å²) in [5.74, 6) is -0.368. The lowest BCUT2D eigenvalue weighted by atomic mass is 10.1. The maximum absolute atomic E-state index is 12.3. The zero-order chi connectivity index (χ0) is 14.8.